The average Bonchev–Trinajstić information content (AvgIpc) is 2.48. The Morgan fingerprint density at radius 2 is 1.86 bits per heavy atom. The summed E-state index contributed by atoms with van der Waals surface area (Å²) in [7, 11) is 1.80. The standard InChI is InChI=1S/C15H17F2N3O/c1-4-12-9(2)13(18-3)20-14(19-12)10-5-7-11(8-6-10)21-15(16)17/h5-8,15H,4H2,1-3H3,(H,18,19,20). The van der Waals surface area contributed by atoms with Gasteiger partial charge in [0.15, 0.2) is 5.82 Å². The van der Waals surface area contributed by atoms with Crippen LogP contribution in [0.15, 0.2) is 24.3 Å². The van der Waals surface area contributed by atoms with E-state index in [9.17, 15) is 8.78 Å². The van der Waals surface area contributed by atoms with Crippen LogP contribution in [-0.2, 0) is 6.42 Å². The number of aryl methyl sites for hydroxylation is 1. The molecule has 112 valence electrons. The molecule has 2 aromatic rings. The maximum Gasteiger partial charge on any atom is 0.387 e. The summed E-state index contributed by atoms with van der Waals surface area (Å²) in [5.74, 6) is 1.44. The summed E-state index contributed by atoms with van der Waals surface area (Å²) in [5.41, 5.74) is 2.72. The van der Waals surface area contributed by atoms with Gasteiger partial charge in [0.2, 0.25) is 0 Å². The Morgan fingerprint density at radius 3 is 2.38 bits per heavy atom. The van der Waals surface area contributed by atoms with Gasteiger partial charge >= 0.3 is 6.61 Å². The Balaban J connectivity index is 2.37. The van der Waals surface area contributed by atoms with Gasteiger partial charge in [-0.2, -0.15) is 8.78 Å². The normalized spacial score (nSPS) is 10.8. The monoisotopic (exact) mass is 293 g/mol. The van der Waals surface area contributed by atoms with Gasteiger partial charge in [-0.25, -0.2) is 9.97 Å². The first kappa shape index (κ1) is 15.2. The van der Waals surface area contributed by atoms with Crippen molar-refractivity contribution in [3.8, 4) is 17.1 Å². The van der Waals surface area contributed by atoms with Crippen LogP contribution >= 0.6 is 0 Å². The first-order valence-electron chi connectivity index (χ1n) is 6.65. The van der Waals surface area contributed by atoms with E-state index in [0.717, 1.165) is 29.1 Å². The molecule has 0 spiro atoms. The number of aromatic nitrogens is 2. The largest absolute Gasteiger partial charge is 0.435 e. The third-order valence-corrected chi connectivity index (χ3v) is 3.16. The highest BCUT2D eigenvalue weighted by Crippen LogP contribution is 2.24. The van der Waals surface area contributed by atoms with Gasteiger partial charge in [0.1, 0.15) is 11.6 Å². The summed E-state index contributed by atoms with van der Waals surface area (Å²) in [4.78, 5) is 8.97. The van der Waals surface area contributed by atoms with Crippen molar-refractivity contribution in [2.45, 2.75) is 26.9 Å². The topological polar surface area (TPSA) is 47.0 Å². The van der Waals surface area contributed by atoms with Gasteiger partial charge in [-0.3, -0.25) is 0 Å². The molecule has 0 aliphatic heterocycles. The highest BCUT2D eigenvalue weighted by atomic mass is 19.3. The van der Waals surface area contributed by atoms with Crippen LogP contribution in [0, 0.1) is 6.92 Å². The summed E-state index contributed by atoms with van der Waals surface area (Å²) >= 11 is 0. The Labute approximate surface area is 122 Å². The minimum absolute atomic E-state index is 0.116. The van der Waals surface area contributed by atoms with Gasteiger partial charge in [0, 0.05) is 23.9 Å². The number of hydrogen-bond acceptors (Lipinski definition) is 4. The van der Waals surface area contributed by atoms with E-state index in [1.807, 2.05) is 13.8 Å². The lowest BCUT2D eigenvalue weighted by atomic mass is 10.1. The minimum atomic E-state index is -2.82. The molecule has 0 saturated carbocycles. The number of nitrogens with zero attached hydrogens (tertiary/aromatic N) is 2. The fourth-order valence-corrected chi connectivity index (χ4v) is 2.07. The van der Waals surface area contributed by atoms with Crippen LogP contribution in [-0.4, -0.2) is 23.6 Å². The molecule has 0 aliphatic rings. The highest BCUT2D eigenvalue weighted by molar-refractivity contribution is 5.60. The van der Waals surface area contributed by atoms with Gasteiger partial charge in [-0.05, 0) is 37.6 Å². The quantitative estimate of drug-likeness (QED) is 0.914. The molecule has 2 rings (SSSR count). The maximum atomic E-state index is 12.1. The number of nitrogens with one attached hydrogen (secondary N) is 1. The Kier molecular flexibility index (Phi) is 4.67. The van der Waals surface area contributed by atoms with Crippen molar-refractivity contribution in [1.82, 2.24) is 9.97 Å². The predicted molar refractivity (Wildman–Crippen MR) is 77.8 cm³/mol. The summed E-state index contributed by atoms with van der Waals surface area (Å²) in [6.45, 7) is 1.17. The molecule has 1 aromatic heterocycles. The summed E-state index contributed by atoms with van der Waals surface area (Å²) in [6, 6.07) is 6.30. The van der Waals surface area contributed by atoms with Crippen molar-refractivity contribution in [1.29, 1.82) is 0 Å². The van der Waals surface area contributed by atoms with Gasteiger partial charge < -0.3 is 10.1 Å². The summed E-state index contributed by atoms with van der Waals surface area (Å²) in [6.07, 6.45) is 0.794. The number of hydrogen-bond donors (Lipinski definition) is 1. The molecule has 0 atom stereocenters. The minimum Gasteiger partial charge on any atom is -0.435 e. The lowest BCUT2D eigenvalue weighted by Crippen LogP contribution is -2.05. The molecule has 0 saturated heterocycles. The summed E-state index contributed by atoms with van der Waals surface area (Å²) < 4.78 is 28.6. The Bertz CT molecular complexity index is 590. The fourth-order valence-electron chi connectivity index (χ4n) is 2.07. The van der Waals surface area contributed by atoms with E-state index in [1.54, 1.807) is 19.2 Å². The van der Waals surface area contributed by atoms with Crippen LogP contribution < -0.4 is 10.1 Å². The Hall–Kier alpha value is -2.24. The van der Waals surface area contributed by atoms with Gasteiger partial charge in [-0.15, -0.1) is 0 Å². The lowest BCUT2D eigenvalue weighted by molar-refractivity contribution is -0.0498. The van der Waals surface area contributed by atoms with Crippen LogP contribution in [0.1, 0.15) is 18.2 Å². The first-order chi connectivity index (χ1) is 10.0. The maximum absolute atomic E-state index is 12.1. The van der Waals surface area contributed by atoms with Gasteiger partial charge in [-0.1, -0.05) is 6.92 Å². The predicted octanol–water partition coefficient (Wildman–Crippen LogP) is 3.66. The molecule has 0 fully saturated rings. The number of ether oxygens (including phenoxy) is 1. The molecule has 0 aliphatic carbocycles. The molecule has 6 heteroatoms. The third kappa shape index (κ3) is 3.45. The lowest BCUT2D eigenvalue weighted by Gasteiger charge is -2.11. The van der Waals surface area contributed by atoms with E-state index in [4.69, 9.17) is 0 Å². The Morgan fingerprint density at radius 1 is 1.19 bits per heavy atom. The summed E-state index contributed by atoms with van der Waals surface area (Å²) in [5, 5.41) is 3.04. The second-order valence-electron chi connectivity index (χ2n) is 4.47. The molecule has 4 nitrogen and oxygen atoms in total. The number of alkyl halides is 2. The van der Waals surface area contributed by atoms with E-state index in [2.05, 4.69) is 20.0 Å². The SMILES string of the molecule is CCc1nc(-c2ccc(OC(F)F)cc2)nc(NC)c1C. The molecule has 1 N–H and O–H groups in total. The molecule has 1 aromatic carbocycles. The van der Waals surface area contributed by atoms with Crippen molar-refractivity contribution in [3.63, 3.8) is 0 Å². The van der Waals surface area contributed by atoms with Gasteiger partial charge in [0.25, 0.3) is 0 Å². The van der Waals surface area contributed by atoms with Crippen molar-refractivity contribution >= 4 is 5.82 Å². The van der Waals surface area contributed by atoms with Gasteiger partial charge in [0.05, 0.1) is 0 Å². The van der Waals surface area contributed by atoms with Crippen molar-refractivity contribution in [2.75, 3.05) is 12.4 Å². The highest BCUT2D eigenvalue weighted by Gasteiger charge is 2.11. The molecule has 1 heterocycles. The number of anilines is 1. The van der Waals surface area contributed by atoms with Crippen molar-refractivity contribution < 1.29 is 13.5 Å². The number of rotatable bonds is 5. The van der Waals surface area contributed by atoms with Crippen LogP contribution in [0.2, 0.25) is 0 Å². The fraction of sp³-hybridized carbons (Fsp3) is 0.333. The number of halogens is 2. The van der Waals surface area contributed by atoms with Crippen LogP contribution in [0.25, 0.3) is 11.4 Å². The molecule has 0 amide bonds. The van der Waals surface area contributed by atoms with E-state index < -0.39 is 6.61 Å². The molecule has 0 radical (unpaired) electrons. The zero-order chi connectivity index (χ0) is 15.4. The van der Waals surface area contributed by atoms with Crippen LogP contribution in [0.4, 0.5) is 14.6 Å². The zero-order valence-electron chi connectivity index (χ0n) is 12.2. The van der Waals surface area contributed by atoms with E-state index in [0.29, 0.717) is 5.82 Å². The third-order valence-electron chi connectivity index (χ3n) is 3.16. The second-order valence-corrected chi connectivity index (χ2v) is 4.47. The zero-order valence-corrected chi connectivity index (χ0v) is 12.2. The first-order valence-corrected chi connectivity index (χ1v) is 6.65. The van der Waals surface area contributed by atoms with Crippen molar-refractivity contribution in [2.24, 2.45) is 0 Å². The number of benzene rings is 1. The van der Waals surface area contributed by atoms with E-state index in [1.165, 1.54) is 12.1 Å². The smallest absolute Gasteiger partial charge is 0.387 e. The molecule has 21 heavy (non-hydrogen) atoms. The van der Waals surface area contributed by atoms with Crippen LogP contribution in [0.3, 0.4) is 0 Å². The molecule has 0 unspecified atom stereocenters. The average molecular weight is 293 g/mol. The van der Waals surface area contributed by atoms with E-state index >= 15 is 0 Å². The molecular weight excluding hydrogens is 276 g/mol. The van der Waals surface area contributed by atoms with E-state index in [-0.39, 0.29) is 5.75 Å². The molecular formula is C15H17F2N3O. The van der Waals surface area contributed by atoms with Crippen LogP contribution in [0.5, 0.6) is 5.75 Å². The molecule has 0 bridgehead atoms. The van der Waals surface area contributed by atoms with Crippen molar-refractivity contribution in [3.05, 3.63) is 35.5 Å². The second kappa shape index (κ2) is 6.47.